The molecule has 5 heteroatoms. The quantitative estimate of drug-likeness (QED) is 0.846. The lowest BCUT2D eigenvalue weighted by Crippen LogP contribution is -2.67. The molecule has 2 rings (SSSR count). The minimum absolute atomic E-state index is 0.183. The highest BCUT2D eigenvalue weighted by Crippen LogP contribution is 2.44. The van der Waals surface area contributed by atoms with Gasteiger partial charge in [-0.05, 0) is 46.0 Å². The number of carboxylic acids is 1. The maximum atomic E-state index is 11.1. The van der Waals surface area contributed by atoms with Crippen LogP contribution in [0, 0.1) is 23.7 Å². The van der Waals surface area contributed by atoms with E-state index in [1.54, 1.807) is 0 Å². The van der Waals surface area contributed by atoms with E-state index in [4.69, 9.17) is 4.84 Å². The molecule has 0 amide bonds. The summed E-state index contributed by atoms with van der Waals surface area (Å²) in [5, 5.41) is 15.2. The molecule has 128 valence electrons. The van der Waals surface area contributed by atoms with Crippen molar-refractivity contribution in [3.8, 4) is 0 Å². The van der Waals surface area contributed by atoms with Crippen LogP contribution in [0.1, 0.15) is 60.8 Å². The second-order valence-electron chi connectivity index (χ2n) is 7.82. The van der Waals surface area contributed by atoms with E-state index in [1.165, 1.54) is 0 Å². The van der Waals surface area contributed by atoms with Gasteiger partial charge in [-0.15, -0.1) is 0 Å². The van der Waals surface area contributed by atoms with Crippen LogP contribution in [0.15, 0.2) is 5.16 Å². The Bertz CT molecular complexity index is 405. The molecule has 1 saturated carbocycles. The molecule has 0 aromatic rings. The highest BCUT2D eigenvalue weighted by atomic mass is 16.6. The zero-order chi connectivity index (χ0) is 17.1. The molecule has 0 bridgehead atoms. The first kappa shape index (κ1) is 18.9. The predicted molar refractivity (Wildman–Crippen MR) is 84.8 cm³/mol. The third-order valence-electron chi connectivity index (χ3n) is 4.32. The Morgan fingerprint density at radius 2 is 1.91 bits per heavy atom. The molecule has 0 saturated heterocycles. The summed E-state index contributed by atoms with van der Waals surface area (Å²) in [5.74, 6) is -0.559. The monoisotopic (exact) mass is 312 g/mol. The van der Waals surface area contributed by atoms with Crippen LogP contribution in [0.2, 0.25) is 0 Å². The van der Waals surface area contributed by atoms with Crippen molar-refractivity contribution in [1.82, 2.24) is 0 Å². The fourth-order valence-corrected chi connectivity index (χ4v) is 3.32. The van der Waals surface area contributed by atoms with Crippen molar-refractivity contribution in [2.24, 2.45) is 28.8 Å². The van der Waals surface area contributed by atoms with Crippen LogP contribution in [-0.4, -0.2) is 23.3 Å². The first-order valence-electron chi connectivity index (χ1n) is 8.39. The third kappa shape index (κ3) is 4.70. The number of carboxylic acid groups (broad SMARTS) is 1. The molecule has 0 radical (unpaired) electrons. The van der Waals surface area contributed by atoms with E-state index in [1.807, 2.05) is 0 Å². The predicted octanol–water partition coefficient (Wildman–Crippen LogP) is 1.23. The van der Waals surface area contributed by atoms with Gasteiger partial charge in [0.05, 0.1) is 11.3 Å². The van der Waals surface area contributed by atoms with Crippen LogP contribution in [0.4, 0.5) is 0 Å². The Balaban J connectivity index is 0.000000422. The molecule has 1 aliphatic carbocycles. The second kappa shape index (κ2) is 7.44. The molecular weight excluding hydrogens is 280 g/mol. The number of hydrogen-bond acceptors (Lipinski definition) is 4. The van der Waals surface area contributed by atoms with Gasteiger partial charge in [0.2, 0.25) is 0 Å². The van der Waals surface area contributed by atoms with Gasteiger partial charge in [0.15, 0.2) is 0 Å². The summed E-state index contributed by atoms with van der Waals surface area (Å²) < 4.78 is 0. The highest BCUT2D eigenvalue weighted by molar-refractivity contribution is 5.91. The van der Waals surface area contributed by atoms with Crippen molar-refractivity contribution in [2.75, 3.05) is 0 Å². The van der Waals surface area contributed by atoms with E-state index in [2.05, 4.69) is 52.4 Å². The maximum absolute atomic E-state index is 11.1. The van der Waals surface area contributed by atoms with Gasteiger partial charge >= 0.3 is 0 Å². The number of hydrogen-bond donors (Lipinski definition) is 1. The van der Waals surface area contributed by atoms with Gasteiger partial charge < -0.3 is 20.5 Å². The van der Waals surface area contributed by atoms with Gasteiger partial charge in [0.25, 0.3) is 0 Å². The van der Waals surface area contributed by atoms with Crippen molar-refractivity contribution in [3.63, 3.8) is 0 Å². The fourth-order valence-electron chi connectivity index (χ4n) is 3.32. The molecular formula is C17H32N2O3. The minimum Gasteiger partial charge on any atom is -0.550 e. The van der Waals surface area contributed by atoms with Gasteiger partial charge in [-0.2, -0.15) is 0 Å². The molecule has 2 aliphatic rings. The van der Waals surface area contributed by atoms with Gasteiger partial charge in [-0.1, -0.05) is 25.9 Å². The Labute approximate surface area is 134 Å². The zero-order valence-corrected chi connectivity index (χ0v) is 14.9. The average molecular weight is 312 g/mol. The Hall–Kier alpha value is -1.10. The van der Waals surface area contributed by atoms with Crippen molar-refractivity contribution < 1.29 is 20.5 Å². The summed E-state index contributed by atoms with van der Waals surface area (Å²) in [5.41, 5.74) is 5.10. The molecule has 1 aliphatic heterocycles. The van der Waals surface area contributed by atoms with Crippen LogP contribution in [0.3, 0.4) is 0 Å². The second-order valence-corrected chi connectivity index (χ2v) is 7.82. The van der Waals surface area contributed by atoms with Crippen LogP contribution in [-0.2, 0) is 9.63 Å². The molecule has 0 unspecified atom stereocenters. The zero-order valence-electron chi connectivity index (χ0n) is 14.9. The summed E-state index contributed by atoms with van der Waals surface area (Å²) in [4.78, 5) is 16.4. The normalized spacial score (nSPS) is 30.3. The molecule has 0 aromatic carbocycles. The summed E-state index contributed by atoms with van der Waals surface area (Å²) in [6.45, 7) is 12.6. The van der Waals surface area contributed by atoms with Crippen LogP contribution < -0.4 is 10.8 Å². The standard InChI is InChI=1S/C13H21NO3.C4H11N/c1-4-8(5-2)11-10-7(3)6-9(13(15)16)12(10)17-14-11;1-4(2,3)5/h7-10,12H,4-6H2,1-3H3,(H,15,16);5H2,1-3H3/t7-,9+,10-,12-;/m1./s1. The van der Waals surface area contributed by atoms with Gasteiger partial charge in [-0.25, -0.2) is 0 Å². The third-order valence-corrected chi connectivity index (χ3v) is 4.32. The molecule has 22 heavy (non-hydrogen) atoms. The van der Waals surface area contributed by atoms with Gasteiger partial charge in [-0.3, -0.25) is 0 Å². The highest BCUT2D eigenvalue weighted by Gasteiger charge is 2.50. The fraction of sp³-hybridized carbons (Fsp3) is 0.882. The largest absolute Gasteiger partial charge is 0.550 e. The lowest BCUT2D eigenvalue weighted by molar-refractivity contribution is -0.458. The van der Waals surface area contributed by atoms with Crippen molar-refractivity contribution >= 4 is 11.7 Å². The molecule has 0 aromatic heterocycles. The molecule has 0 spiro atoms. The van der Waals surface area contributed by atoms with Crippen LogP contribution in [0.5, 0.6) is 0 Å². The van der Waals surface area contributed by atoms with Crippen molar-refractivity contribution in [1.29, 1.82) is 0 Å². The van der Waals surface area contributed by atoms with E-state index in [0.717, 1.165) is 18.6 Å². The lowest BCUT2D eigenvalue weighted by atomic mass is 9.82. The molecule has 1 fully saturated rings. The van der Waals surface area contributed by atoms with Crippen molar-refractivity contribution in [2.45, 2.75) is 72.4 Å². The summed E-state index contributed by atoms with van der Waals surface area (Å²) in [6, 6.07) is 0. The Morgan fingerprint density at radius 3 is 2.32 bits per heavy atom. The molecule has 3 N–H and O–H groups in total. The summed E-state index contributed by atoms with van der Waals surface area (Å²) >= 11 is 0. The molecule has 5 nitrogen and oxygen atoms in total. The minimum atomic E-state index is -0.995. The maximum Gasteiger partial charge on any atom is 0.143 e. The Kier molecular flexibility index (Phi) is 6.41. The summed E-state index contributed by atoms with van der Waals surface area (Å²) in [6.07, 6.45) is 2.43. The number of fused-ring (bicyclic) bond motifs is 1. The number of quaternary nitrogens is 1. The molecule has 1 heterocycles. The van der Waals surface area contributed by atoms with E-state index in [9.17, 15) is 9.90 Å². The SMILES string of the molecule is CC(C)(C)[NH3+].CCC(CC)C1=NO[C@H]2[C@@H]1[C@H](C)C[C@@H]2C(=O)[O-]. The number of nitrogens with zero attached hydrogens (tertiary/aromatic N) is 1. The van der Waals surface area contributed by atoms with E-state index in [-0.39, 0.29) is 17.6 Å². The Morgan fingerprint density at radius 1 is 1.41 bits per heavy atom. The lowest BCUT2D eigenvalue weighted by Gasteiger charge is -2.20. The van der Waals surface area contributed by atoms with Crippen LogP contribution in [0.25, 0.3) is 0 Å². The topological polar surface area (TPSA) is 89.4 Å². The first-order chi connectivity index (χ1) is 10.1. The van der Waals surface area contributed by atoms with Gasteiger partial charge in [0, 0.05) is 23.7 Å². The number of oxime groups is 1. The van der Waals surface area contributed by atoms with Gasteiger partial charge in [0.1, 0.15) is 6.10 Å². The average Bonchev–Trinajstić information content (AvgIpc) is 2.92. The van der Waals surface area contributed by atoms with Crippen molar-refractivity contribution in [3.05, 3.63) is 0 Å². The number of carbonyl (C=O) groups is 1. The first-order valence-corrected chi connectivity index (χ1v) is 8.39. The smallest absolute Gasteiger partial charge is 0.143 e. The number of aliphatic carboxylic acids is 1. The number of carbonyl (C=O) groups excluding carboxylic acids is 1. The van der Waals surface area contributed by atoms with E-state index in [0.29, 0.717) is 18.3 Å². The van der Waals surface area contributed by atoms with Crippen LogP contribution >= 0.6 is 0 Å². The molecule has 4 atom stereocenters. The summed E-state index contributed by atoms with van der Waals surface area (Å²) in [7, 11) is 0. The van der Waals surface area contributed by atoms with E-state index >= 15 is 0 Å². The van der Waals surface area contributed by atoms with E-state index < -0.39 is 11.9 Å². The number of rotatable bonds is 4.